The number of terminal acetylenes is 1. The Bertz CT molecular complexity index is 314. The Labute approximate surface area is 77.8 Å². The predicted octanol–water partition coefficient (Wildman–Crippen LogP) is 2.03. The molecular weight excluding hydrogens is 165 g/mol. The Hall–Kier alpha value is -1.33. The largest absolute Gasteiger partial charge is 0.330 e. The van der Waals surface area contributed by atoms with Gasteiger partial charge in [0, 0.05) is 11.1 Å². The van der Waals surface area contributed by atoms with Gasteiger partial charge >= 0.3 is 0 Å². The lowest BCUT2D eigenvalue weighted by atomic mass is 10.0. The summed E-state index contributed by atoms with van der Waals surface area (Å²) in [5.41, 5.74) is 6.45. The van der Waals surface area contributed by atoms with Crippen LogP contribution in [0.1, 0.15) is 23.7 Å². The van der Waals surface area contributed by atoms with Crippen LogP contribution in [0.5, 0.6) is 0 Å². The third-order valence-electron chi connectivity index (χ3n) is 1.87. The van der Waals surface area contributed by atoms with Crippen molar-refractivity contribution >= 4 is 0 Å². The van der Waals surface area contributed by atoms with Crippen molar-refractivity contribution in [1.82, 2.24) is 0 Å². The molecule has 1 unspecified atom stereocenters. The Kier molecular flexibility index (Phi) is 3.48. The topological polar surface area (TPSA) is 26.0 Å². The van der Waals surface area contributed by atoms with Crippen LogP contribution in [0.25, 0.3) is 0 Å². The molecule has 0 aromatic heterocycles. The molecule has 2 N–H and O–H groups in total. The summed E-state index contributed by atoms with van der Waals surface area (Å²) in [5.74, 6) is 2.45. The maximum Gasteiger partial charge on any atom is 0.128 e. The van der Waals surface area contributed by atoms with Gasteiger partial charge in [-0.15, -0.1) is 6.42 Å². The van der Waals surface area contributed by atoms with E-state index in [0.29, 0.717) is 24.1 Å². The molecule has 0 aliphatic heterocycles. The van der Waals surface area contributed by atoms with Crippen LogP contribution in [-0.2, 0) is 0 Å². The van der Waals surface area contributed by atoms with Gasteiger partial charge in [0.2, 0.25) is 0 Å². The third kappa shape index (κ3) is 2.30. The standard InChI is InChI=1S/C11H12FN/c1-2-9-5-3-4-6-10(9)11(12)7-8-13/h1,3-6,11H,7-8,13H2. The first-order valence-corrected chi connectivity index (χ1v) is 4.19. The molecule has 13 heavy (non-hydrogen) atoms. The highest BCUT2D eigenvalue weighted by Crippen LogP contribution is 2.23. The first kappa shape index (κ1) is 9.76. The zero-order valence-electron chi connectivity index (χ0n) is 7.33. The molecule has 1 rings (SSSR count). The van der Waals surface area contributed by atoms with Crippen molar-refractivity contribution in [2.75, 3.05) is 6.54 Å². The van der Waals surface area contributed by atoms with Crippen LogP contribution in [0, 0.1) is 12.3 Å². The van der Waals surface area contributed by atoms with E-state index in [4.69, 9.17) is 12.2 Å². The molecular formula is C11H12FN. The molecule has 0 saturated carbocycles. The molecule has 1 aromatic carbocycles. The highest BCUT2D eigenvalue weighted by molar-refractivity contribution is 5.40. The van der Waals surface area contributed by atoms with Crippen molar-refractivity contribution in [1.29, 1.82) is 0 Å². The van der Waals surface area contributed by atoms with E-state index in [0.717, 1.165) is 0 Å². The molecule has 0 aliphatic rings. The molecule has 0 saturated heterocycles. The SMILES string of the molecule is C#Cc1ccccc1C(F)CCN. The number of nitrogens with two attached hydrogens (primary N) is 1. The smallest absolute Gasteiger partial charge is 0.128 e. The van der Waals surface area contributed by atoms with Crippen LogP contribution in [0.2, 0.25) is 0 Å². The van der Waals surface area contributed by atoms with Crippen LogP contribution in [0.15, 0.2) is 24.3 Å². The lowest BCUT2D eigenvalue weighted by Crippen LogP contribution is -2.04. The highest BCUT2D eigenvalue weighted by Gasteiger charge is 2.11. The summed E-state index contributed by atoms with van der Waals surface area (Å²) in [6.45, 7) is 0.333. The van der Waals surface area contributed by atoms with Gasteiger partial charge in [-0.3, -0.25) is 0 Å². The zero-order chi connectivity index (χ0) is 9.68. The fourth-order valence-electron chi connectivity index (χ4n) is 1.20. The molecule has 1 atom stereocenters. The number of benzene rings is 1. The second-order valence-corrected chi connectivity index (χ2v) is 2.78. The molecule has 0 radical (unpaired) electrons. The van der Waals surface area contributed by atoms with E-state index in [1.165, 1.54) is 0 Å². The van der Waals surface area contributed by atoms with Crippen molar-refractivity contribution in [3.05, 3.63) is 35.4 Å². The van der Waals surface area contributed by atoms with Gasteiger partial charge in [-0.25, -0.2) is 4.39 Å². The van der Waals surface area contributed by atoms with Gasteiger partial charge in [0.25, 0.3) is 0 Å². The number of hydrogen-bond acceptors (Lipinski definition) is 1. The summed E-state index contributed by atoms with van der Waals surface area (Å²) >= 11 is 0. The maximum absolute atomic E-state index is 13.4. The first-order valence-electron chi connectivity index (χ1n) is 4.19. The summed E-state index contributed by atoms with van der Waals surface area (Å²) in [6.07, 6.45) is 4.51. The second-order valence-electron chi connectivity index (χ2n) is 2.78. The van der Waals surface area contributed by atoms with Crippen molar-refractivity contribution in [2.24, 2.45) is 5.73 Å². The summed E-state index contributed by atoms with van der Waals surface area (Å²) in [4.78, 5) is 0. The summed E-state index contributed by atoms with van der Waals surface area (Å²) in [6, 6.07) is 7.01. The van der Waals surface area contributed by atoms with Gasteiger partial charge in [-0.05, 0) is 19.0 Å². The van der Waals surface area contributed by atoms with Crippen LogP contribution in [0.4, 0.5) is 4.39 Å². The number of hydrogen-bond donors (Lipinski definition) is 1. The first-order chi connectivity index (χ1) is 6.29. The lowest BCUT2D eigenvalue weighted by molar-refractivity contribution is 0.327. The minimum absolute atomic E-state index is 0.318. The summed E-state index contributed by atoms with van der Waals surface area (Å²) in [5, 5.41) is 0. The molecule has 2 heteroatoms. The van der Waals surface area contributed by atoms with Crippen molar-refractivity contribution in [2.45, 2.75) is 12.6 Å². The van der Waals surface area contributed by atoms with Gasteiger partial charge in [-0.2, -0.15) is 0 Å². The summed E-state index contributed by atoms with van der Waals surface area (Å²) < 4.78 is 13.4. The average Bonchev–Trinajstić information content (AvgIpc) is 2.18. The minimum atomic E-state index is -1.04. The Balaban J connectivity index is 2.93. The molecule has 0 heterocycles. The van der Waals surface area contributed by atoms with Crippen molar-refractivity contribution in [3.63, 3.8) is 0 Å². The Morgan fingerprint density at radius 2 is 2.15 bits per heavy atom. The molecule has 1 nitrogen and oxygen atoms in total. The van der Waals surface area contributed by atoms with Crippen LogP contribution in [0.3, 0.4) is 0 Å². The molecule has 0 amide bonds. The monoisotopic (exact) mass is 177 g/mol. The number of halogens is 1. The van der Waals surface area contributed by atoms with Gasteiger partial charge < -0.3 is 5.73 Å². The van der Waals surface area contributed by atoms with Gasteiger partial charge in [0.1, 0.15) is 6.17 Å². The Morgan fingerprint density at radius 3 is 2.77 bits per heavy atom. The molecule has 1 aromatic rings. The molecule has 0 aliphatic carbocycles. The quantitative estimate of drug-likeness (QED) is 0.702. The molecule has 0 spiro atoms. The number of rotatable bonds is 3. The molecule has 68 valence electrons. The van der Waals surface area contributed by atoms with Crippen molar-refractivity contribution in [3.8, 4) is 12.3 Å². The van der Waals surface area contributed by atoms with E-state index in [-0.39, 0.29) is 0 Å². The van der Waals surface area contributed by atoms with Gasteiger partial charge in [0.15, 0.2) is 0 Å². The fourth-order valence-corrected chi connectivity index (χ4v) is 1.20. The van der Waals surface area contributed by atoms with Gasteiger partial charge in [0.05, 0.1) is 0 Å². The normalized spacial score (nSPS) is 12.1. The van der Waals surface area contributed by atoms with Crippen LogP contribution in [-0.4, -0.2) is 6.54 Å². The summed E-state index contributed by atoms with van der Waals surface area (Å²) in [7, 11) is 0. The van der Waals surface area contributed by atoms with E-state index in [9.17, 15) is 4.39 Å². The highest BCUT2D eigenvalue weighted by atomic mass is 19.1. The van der Waals surface area contributed by atoms with E-state index < -0.39 is 6.17 Å². The molecule has 0 bridgehead atoms. The predicted molar refractivity (Wildman–Crippen MR) is 51.9 cm³/mol. The van der Waals surface area contributed by atoms with Crippen molar-refractivity contribution < 1.29 is 4.39 Å². The van der Waals surface area contributed by atoms with E-state index >= 15 is 0 Å². The van der Waals surface area contributed by atoms with E-state index in [2.05, 4.69) is 5.92 Å². The molecule has 0 fully saturated rings. The van der Waals surface area contributed by atoms with E-state index in [1.807, 2.05) is 0 Å². The fraction of sp³-hybridized carbons (Fsp3) is 0.273. The second kappa shape index (κ2) is 4.64. The van der Waals surface area contributed by atoms with Gasteiger partial charge in [-0.1, -0.05) is 24.1 Å². The average molecular weight is 177 g/mol. The van der Waals surface area contributed by atoms with Crippen LogP contribution >= 0.6 is 0 Å². The maximum atomic E-state index is 13.4. The zero-order valence-corrected chi connectivity index (χ0v) is 7.33. The number of alkyl halides is 1. The lowest BCUT2D eigenvalue weighted by Gasteiger charge is -2.08. The van der Waals surface area contributed by atoms with E-state index in [1.54, 1.807) is 24.3 Å². The third-order valence-corrected chi connectivity index (χ3v) is 1.87. The Morgan fingerprint density at radius 1 is 1.46 bits per heavy atom. The van der Waals surface area contributed by atoms with Crippen LogP contribution < -0.4 is 5.73 Å². The minimum Gasteiger partial charge on any atom is -0.330 e.